The number of hydrogen-bond donors (Lipinski definition) is 0. The second-order valence-electron chi connectivity index (χ2n) is 13.3. The maximum absolute atomic E-state index is 7.01. The fourth-order valence-corrected chi connectivity index (χ4v) is 7.81. The molecule has 0 saturated carbocycles. The molecule has 0 aromatic heterocycles. The van der Waals surface area contributed by atoms with Gasteiger partial charge in [-0.2, -0.15) is 0 Å². The molecule has 1 unspecified atom stereocenters. The molecule has 0 bridgehead atoms. The fourth-order valence-electron chi connectivity index (χ4n) is 7.81. The Hall–Kier alpha value is -2.80. The van der Waals surface area contributed by atoms with Crippen molar-refractivity contribution in [1.29, 1.82) is 0 Å². The minimum Gasteiger partial charge on any atom is -0.125 e. The van der Waals surface area contributed by atoms with E-state index in [-0.39, 0.29) is 175 Å². The van der Waals surface area contributed by atoms with Crippen molar-refractivity contribution in [2.45, 2.75) is 5.82 Å². The third-order valence-corrected chi connectivity index (χ3v) is 10.7. The number of benzene rings is 6. The van der Waals surface area contributed by atoms with Crippen molar-refractivity contribution < 1.29 is 0 Å². The van der Waals surface area contributed by atoms with Crippen molar-refractivity contribution >= 4 is 301 Å². The average molecular weight is 624 g/mol. The van der Waals surface area contributed by atoms with E-state index in [2.05, 4.69) is 0 Å². The second-order valence-corrected chi connectivity index (χ2v) is 13.3. The van der Waals surface area contributed by atoms with Crippen molar-refractivity contribution in [3.8, 4) is 22.3 Å². The fraction of sp³-hybridized carbons (Fsp3) is 0.0303. The molecule has 0 fully saturated rings. The number of allylic oxidation sites excluding steroid dienone is 1. The normalized spacial score (nSPS) is 14.1. The third kappa shape index (κ3) is 4.87. The van der Waals surface area contributed by atoms with Crippen molar-refractivity contribution in [2.75, 3.05) is 0 Å². The van der Waals surface area contributed by atoms with E-state index in [1.165, 1.54) is 0 Å². The van der Waals surface area contributed by atoms with E-state index in [1.54, 1.807) is 0 Å². The Kier molecular flexibility index (Phi) is 9.59. The van der Waals surface area contributed by atoms with Crippen LogP contribution in [0.15, 0.2) is 5.47 Å². The van der Waals surface area contributed by atoms with Crippen LogP contribution in [0.3, 0.4) is 0 Å². The molecule has 6 aromatic carbocycles. The molecule has 0 amide bonds. The lowest BCUT2D eigenvalue weighted by molar-refractivity contribution is 1.24. The molecule has 6 aromatic rings. The number of rotatable bonds is 2. The summed E-state index contributed by atoms with van der Waals surface area (Å²) in [5.41, 5.74) is -0.279. The van der Waals surface area contributed by atoms with Gasteiger partial charge >= 0.3 is 0 Å². The Morgan fingerprint density at radius 1 is 0.222 bits per heavy atom. The van der Waals surface area contributed by atoms with Gasteiger partial charge in [0.25, 0.3) is 0 Å². The molecule has 0 N–H and O–H groups in total. The smallest absolute Gasteiger partial charge is 0.115 e. The molecule has 42 radical (unpaired) electrons. The summed E-state index contributed by atoms with van der Waals surface area (Å²) in [5.74, 6) is -1.06. The number of hydrogen-bond acceptors (Lipinski definition) is 0. The Labute approximate surface area is 343 Å². The van der Waals surface area contributed by atoms with Crippen LogP contribution in [-0.2, 0) is 0 Å². The van der Waals surface area contributed by atoms with Crippen LogP contribution in [0.5, 0.6) is 0 Å². The Balaban J connectivity index is 1.92. The molecule has 21 heteroatoms. The maximum Gasteiger partial charge on any atom is 0.115 e. The van der Waals surface area contributed by atoms with Crippen LogP contribution >= 0.6 is 0 Å². The zero-order valence-electron chi connectivity index (χ0n) is 28.7. The predicted molar refractivity (Wildman–Crippen MR) is 254 cm³/mol. The molecule has 7 rings (SSSR count). The van der Waals surface area contributed by atoms with Gasteiger partial charge in [-0.1, -0.05) is 60.1 Å². The van der Waals surface area contributed by atoms with Gasteiger partial charge in [0, 0.05) is 0 Å². The molecule has 1 atom stereocenters. The molecular formula is C33HB21. The summed E-state index contributed by atoms with van der Waals surface area (Å²) in [6.45, 7) is 0. The highest BCUT2D eigenvalue weighted by Crippen LogP contribution is 2.45. The van der Waals surface area contributed by atoms with Gasteiger partial charge in [-0.15, -0.1) is 49.2 Å². The molecule has 0 spiro atoms. The highest BCUT2D eigenvalue weighted by molar-refractivity contribution is 6.75. The predicted octanol–water partition coefficient (Wildman–Crippen LogP) is -14.0. The largest absolute Gasteiger partial charge is 0.125 e. The lowest BCUT2D eigenvalue weighted by Gasteiger charge is -2.33. The summed E-state index contributed by atoms with van der Waals surface area (Å²) < 4.78 is 0. The minimum absolute atomic E-state index is 0.0143. The van der Waals surface area contributed by atoms with E-state index in [4.69, 9.17) is 165 Å². The molecule has 0 saturated heterocycles. The molecular weight excluding hydrogens is 623 g/mol. The molecule has 0 nitrogen and oxygen atoms in total. The monoisotopic (exact) mass is 628 g/mol. The van der Waals surface area contributed by atoms with Crippen LogP contribution in [0.4, 0.5) is 0 Å². The van der Waals surface area contributed by atoms with Gasteiger partial charge in [-0.25, -0.2) is 0 Å². The van der Waals surface area contributed by atoms with Gasteiger partial charge in [0.15, 0.2) is 0 Å². The molecule has 0 heterocycles. The van der Waals surface area contributed by atoms with Gasteiger partial charge in [0.2, 0.25) is 0 Å². The third-order valence-electron chi connectivity index (χ3n) is 10.7. The van der Waals surface area contributed by atoms with Crippen molar-refractivity contribution in [3.05, 3.63) is 16.6 Å². The van der Waals surface area contributed by atoms with Crippen LogP contribution in [0.1, 0.15) is 16.9 Å². The van der Waals surface area contributed by atoms with Crippen LogP contribution in [-0.4, -0.2) is 165 Å². The summed E-state index contributed by atoms with van der Waals surface area (Å²) in [4.78, 5) is 0. The SMILES string of the molecule is [B]C1=C([B])C([B])c2c1c([B])c([B])c([B])c2-c1c2c([B])c([B])c([B])c([B])c2c(-c2c([B])c([B])c3c([B])c([B])c([B])c([B])c3c2[B])c2c([B])c([B])c([B])c([B])c12. The Morgan fingerprint density at radius 2 is 0.481 bits per heavy atom. The van der Waals surface area contributed by atoms with Gasteiger partial charge in [0.1, 0.15) is 157 Å². The molecule has 1 aliphatic carbocycles. The minimum atomic E-state index is -1.06. The zero-order valence-corrected chi connectivity index (χ0v) is 28.7. The van der Waals surface area contributed by atoms with E-state index < -0.39 is 5.82 Å². The van der Waals surface area contributed by atoms with Crippen LogP contribution in [0.2, 0.25) is 0 Å². The Bertz CT molecular complexity index is 2760. The van der Waals surface area contributed by atoms with Crippen molar-refractivity contribution in [3.63, 3.8) is 0 Å². The van der Waals surface area contributed by atoms with E-state index in [0.29, 0.717) is 0 Å². The van der Waals surface area contributed by atoms with E-state index in [9.17, 15) is 0 Å². The van der Waals surface area contributed by atoms with Crippen LogP contribution in [0.25, 0.3) is 60.0 Å². The second kappa shape index (κ2) is 13.1. The maximum atomic E-state index is 7.01. The first-order valence-electron chi connectivity index (χ1n) is 15.9. The zero-order chi connectivity index (χ0) is 40.1. The summed E-state index contributed by atoms with van der Waals surface area (Å²) in [6, 6.07) is 0. The van der Waals surface area contributed by atoms with Gasteiger partial charge in [0.05, 0.1) is 7.85 Å². The molecule has 0 aliphatic heterocycles. The number of fused-ring (bicyclic) bond motifs is 4. The summed E-state index contributed by atoms with van der Waals surface area (Å²) in [6.07, 6.45) is 0. The molecule has 54 heavy (non-hydrogen) atoms. The highest BCUT2D eigenvalue weighted by Gasteiger charge is 2.33. The van der Waals surface area contributed by atoms with Gasteiger partial charge in [-0.05, 0) is 71.5 Å². The average Bonchev–Trinajstić information content (AvgIpc) is 3.36. The topological polar surface area (TPSA) is 0 Å². The molecule has 196 valence electrons. The van der Waals surface area contributed by atoms with Crippen molar-refractivity contribution in [1.82, 2.24) is 0 Å². The van der Waals surface area contributed by atoms with Crippen LogP contribution in [0, 0.1) is 0 Å². The lowest BCUT2D eigenvalue weighted by Crippen LogP contribution is -2.52. The van der Waals surface area contributed by atoms with Crippen molar-refractivity contribution in [2.24, 2.45) is 0 Å². The summed E-state index contributed by atoms with van der Waals surface area (Å²) in [7, 11) is 139. The first kappa shape index (κ1) is 39.4. The van der Waals surface area contributed by atoms with Crippen LogP contribution < -0.4 is 98.3 Å². The van der Waals surface area contributed by atoms with E-state index in [0.717, 1.165) is 0 Å². The first-order chi connectivity index (χ1) is 25.1. The standard InChI is InChI=1S/C33HB21/c34-13-9(20(41)21(42)12-11(13)24(45)32(53)33(54)25(12)46)2-6-3(15(36)28(49)30(51)17(6)38)1(4-7(2)18(39)31(52)29(50)16(4)37)5-8-10(22(43)26(47)14(5)35)23(44)27(48)19(8)40/h19H. The first-order valence-corrected chi connectivity index (χ1v) is 15.9. The Morgan fingerprint density at radius 3 is 0.870 bits per heavy atom. The van der Waals surface area contributed by atoms with E-state index >= 15 is 0 Å². The quantitative estimate of drug-likeness (QED) is 0.133. The summed E-state index contributed by atoms with van der Waals surface area (Å²) in [5, 5.41) is 0.655. The lowest BCUT2D eigenvalue weighted by atomic mass is 9.55. The summed E-state index contributed by atoms with van der Waals surface area (Å²) >= 11 is 0. The highest BCUT2D eigenvalue weighted by atomic mass is 14.3. The van der Waals surface area contributed by atoms with Gasteiger partial charge < -0.3 is 0 Å². The molecule has 1 aliphatic rings. The van der Waals surface area contributed by atoms with E-state index in [1.807, 2.05) is 0 Å². The van der Waals surface area contributed by atoms with Gasteiger partial charge in [-0.3, -0.25) is 0 Å².